The van der Waals surface area contributed by atoms with E-state index in [2.05, 4.69) is 17.1 Å². The second-order valence-electron chi connectivity index (χ2n) is 13.1. The van der Waals surface area contributed by atoms with Gasteiger partial charge in [-0.3, -0.25) is 9.59 Å². The van der Waals surface area contributed by atoms with Gasteiger partial charge in [-0.25, -0.2) is 4.98 Å². The van der Waals surface area contributed by atoms with Gasteiger partial charge in [-0.15, -0.1) is 11.3 Å². The van der Waals surface area contributed by atoms with E-state index in [-0.39, 0.29) is 29.8 Å². The Kier molecular flexibility index (Phi) is 11.7. The van der Waals surface area contributed by atoms with Gasteiger partial charge in [-0.05, 0) is 58.4 Å². The molecule has 0 saturated carbocycles. The molecule has 0 amide bonds. The number of thiazole rings is 1. The number of Topliss-reactive ketones (excluding diaryl/α,β-unsaturated/α-hetero) is 1. The molecule has 2 aliphatic heterocycles. The highest BCUT2D eigenvalue weighted by Gasteiger charge is 2.53. The number of epoxide rings is 1. The zero-order valence-corrected chi connectivity index (χ0v) is 26.9. The maximum atomic E-state index is 13.3. The fraction of sp³-hybridized carbons (Fsp3) is 0.774. The molecule has 2 fully saturated rings. The average Bonchev–Trinajstić information content (AvgIpc) is 3.31. The van der Waals surface area contributed by atoms with Crippen LogP contribution in [0.15, 0.2) is 11.0 Å². The number of cyclic esters (lactones) is 1. The molecular formula is C31H51N3O6S. The van der Waals surface area contributed by atoms with Gasteiger partial charge in [-0.1, -0.05) is 34.1 Å². The van der Waals surface area contributed by atoms with Gasteiger partial charge in [0.1, 0.15) is 16.9 Å². The third-order valence-electron chi connectivity index (χ3n) is 8.87. The predicted molar refractivity (Wildman–Crippen MR) is 161 cm³/mol. The van der Waals surface area contributed by atoms with Gasteiger partial charge in [-0.2, -0.15) is 0 Å². The molecule has 0 aliphatic carbocycles. The summed E-state index contributed by atoms with van der Waals surface area (Å²) < 4.78 is 12.1. The summed E-state index contributed by atoms with van der Waals surface area (Å²) >= 11 is 1.59. The molecule has 9 nitrogen and oxygen atoms in total. The van der Waals surface area contributed by atoms with Crippen molar-refractivity contribution in [3.05, 3.63) is 21.7 Å². The molecule has 0 aromatic carbocycles. The summed E-state index contributed by atoms with van der Waals surface area (Å²) in [5.41, 5.74) is 0.131. The van der Waals surface area contributed by atoms with Crippen LogP contribution in [0.2, 0.25) is 0 Å². The minimum Gasteiger partial charge on any atom is -0.458 e. The van der Waals surface area contributed by atoms with Gasteiger partial charge in [0.05, 0.1) is 41.4 Å². The maximum Gasteiger partial charge on any atom is 0.309 e. The molecule has 41 heavy (non-hydrogen) atoms. The van der Waals surface area contributed by atoms with E-state index in [4.69, 9.17) is 14.5 Å². The second kappa shape index (κ2) is 14.2. The first-order chi connectivity index (χ1) is 19.1. The molecule has 10 heteroatoms. The van der Waals surface area contributed by atoms with Crippen molar-refractivity contribution in [3.8, 4) is 0 Å². The Hall–Kier alpha value is -1.69. The smallest absolute Gasteiger partial charge is 0.309 e. The van der Waals surface area contributed by atoms with Crippen LogP contribution in [0, 0.1) is 17.3 Å². The summed E-state index contributed by atoms with van der Waals surface area (Å²) in [6.45, 7) is 13.5. The zero-order chi connectivity index (χ0) is 30.5. The number of ketones is 1. The number of hydrogen-bond donors (Lipinski definition) is 3. The van der Waals surface area contributed by atoms with E-state index in [1.807, 2.05) is 39.4 Å². The van der Waals surface area contributed by atoms with Crippen molar-refractivity contribution in [2.75, 3.05) is 27.2 Å². The number of rotatable bonds is 7. The van der Waals surface area contributed by atoms with E-state index in [0.717, 1.165) is 48.6 Å². The molecule has 1 aromatic rings. The molecule has 0 bridgehead atoms. The first-order valence-corrected chi connectivity index (χ1v) is 15.8. The molecule has 0 spiro atoms. The highest BCUT2D eigenvalue weighted by Crippen LogP contribution is 2.45. The summed E-state index contributed by atoms with van der Waals surface area (Å²) in [5.74, 6) is -1.57. The quantitative estimate of drug-likeness (QED) is 0.246. The number of carbonyl (C=O) groups is 2. The third kappa shape index (κ3) is 9.15. The molecule has 0 unspecified atom stereocenters. The minimum absolute atomic E-state index is 0.0643. The van der Waals surface area contributed by atoms with Gasteiger partial charge in [0.15, 0.2) is 0 Å². The number of aliphatic hydroxyl groups is 2. The third-order valence-corrected chi connectivity index (χ3v) is 9.74. The van der Waals surface area contributed by atoms with E-state index in [0.29, 0.717) is 13.0 Å². The van der Waals surface area contributed by atoms with E-state index in [1.54, 1.807) is 32.1 Å². The monoisotopic (exact) mass is 593 g/mol. The molecule has 2 saturated heterocycles. The fourth-order valence-electron chi connectivity index (χ4n) is 5.59. The number of nitrogens with one attached hydrogen (secondary N) is 1. The standard InChI is InChI=1S/C31H51N3O6S/c1-19-10-9-11-31(6)25(40-31)15-23(20(2)14-22-18-41-26(33-22)17-32-12-13-34(7)8)39-27(36)16-24(35)30(4,5)29(38)21(3)28(19)37/h14,18-19,21,23-25,28,32,35,37H,9-13,15-17H2,1-8H3/b20-14+/t19-,21+,23-,24-,25-,28-,31+/m0/s1. The first-order valence-electron chi connectivity index (χ1n) is 14.9. The Morgan fingerprint density at radius 2 is 1.95 bits per heavy atom. The Morgan fingerprint density at radius 1 is 1.24 bits per heavy atom. The van der Waals surface area contributed by atoms with E-state index in [9.17, 15) is 19.8 Å². The van der Waals surface area contributed by atoms with Crippen LogP contribution in [0.3, 0.4) is 0 Å². The van der Waals surface area contributed by atoms with Crippen LogP contribution >= 0.6 is 11.3 Å². The molecule has 7 atom stereocenters. The molecule has 1 aromatic heterocycles. The topological polar surface area (TPSA) is 125 Å². The van der Waals surface area contributed by atoms with Crippen LogP contribution in [0.25, 0.3) is 6.08 Å². The molecule has 3 heterocycles. The SMILES string of the molecule is C/C(=C\c1csc(CNCCN(C)C)n1)[C@@H]1C[C@@H]2O[C@]2(C)CCC[C@H](C)[C@H](O)[C@@H](C)C(=O)C(C)(C)[C@@H](O)CC(=O)O1. The average molecular weight is 594 g/mol. The van der Waals surface area contributed by atoms with Crippen molar-refractivity contribution in [2.24, 2.45) is 17.3 Å². The highest BCUT2D eigenvalue weighted by atomic mass is 32.1. The van der Waals surface area contributed by atoms with Crippen LogP contribution in [0.5, 0.6) is 0 Å². The molecular weight excluding hydrogens is 542 g/mol. The lowest BCUT2D eigenvalue weighted by Gasteiger charge is -2.34. The molecule has 232 valence electrons. The maximum absolute atomic E-state index is 13.3. The van der Waals surface area contributed by atoms with E-state index >= 15 is 0 Å². The lowest BCUT2D eigenvalue weighted by Crippen LogP contribution is -2.45. The number of esters is 1. The van der Waals surface area contributed by atoms with Crippen LogP contribution < -0.4 is 5.32 Å². The number of likely N-dealkylation sites (N-methyl/N-ethyl adjacent to an activating group) is 1. The number of aliphatic hydroxyl groups excluding tert-OH is 2. The predicted octanol–water partition coefficient (Wildman–Crippen LogP) is 3.82. The van der Waals surface area contributed by atoms with Gasteiger partial charge < -0.3 is 29.9 Å². The number of ether oxygens (including phenoxy) is 2. The van der Waals surface area contributed by atoms with Crippen LogP contribution in [-0.2, 0) is 25.6 Å². The van der Waals surface area contributed by atoms with Crippen molar-refractivity contribution >= 4 is 29.2 Å². The zero-order valence-electron chi connectivity index (χ0n) is 26.1. The van der Waals surface area contributed by atoms with Gasteiger partial charge in [0, 0.05) is 37.4 Å². The summed E-state index contributed by atoms with van der Waals surface area (Å²) in [6, 6.07) is 0. The Labute approximate surface area is 249 Å². The molecule has 3 rings (SSSR count). The number of nitrogens with zero attached hydrogens (tertiary/aromatic N) is 2. The number of carbonyl (C=O) groups excluding carboxylic acids is 2. The van der Waals surface area contributed by atoms with Crippen molar-refractivity contribution < 1.29 is 29.3 Å². The first kappa shape index (κ1) is 33.8. The second-order valence-corrected chi connectivity index (χ2v) is 14.1. The van der Waals surface area contributed by atoms with Crippen molar-refractivity contribution in [1.82, 2.24) is 15.2 Å². The minimum atomic E-state index is -1.24. The Balaban J connectivity index is 1.77. The lowest BCUT2D eigenvalue weighted by molar-refractivity contribution is -0.154. The van der Waals surface area contributed by atoms with E-state index < -0.39 is 35.6 Å². The number of hydrogen-bond acceptors (Lipinski definition) is 10. The van der Waals surface area contributed by atoms with Gasteiger partial charge >= 0.3 is 5.97 Å². The van der Waals surface area contributed by atoms with Crippen LogP contribution in [-0.4, -0.2) is 89.1 Å². The van der Waals surface area contributed by atoms with Crippen LogP contribution in [0.4, 0.5) is 0 Å². The summed E-state index contributed by atoms with van der Waals surface area (Å²) in [7, 11) is 4.08. The largest absolute Gasteiger partial charge is 0.458 e. The van der Waals surface area contributed by atoms with E-state index in [1.165, 1.54) is 0 Å². The molecule has 3 N–H and O–H groups in total. The van der Waals surface area contributed by atoms with Crippen molar-refractivity contribution in [1.29, 1.82) is 0 Å². The summed E-state index contributed by atoms with van der Waals surface area (Å²) in [5, 5.41) is 28.3. The molecule has 0 radical (unpaired) electrons. The Bertz CT molecular complexity index is 1070. The van der Waals surface area contributed by atoms with Crippen molar-refractivity contribution in [2.45, 2.75) is 110 Å². The van der Waals surface area contributed by atoms with Gasteiger partial charge in [0.2, 0.25) is 0 Å². The fourth-order valence-corrected chi connectivity index (χ4v) is 6.31. The van der Waals surface area contributed by atoms with Gasteiger partial charge in [0.25, 0.3) is 0 Å². The summed E-state index contributed by atoms with van der Waals surface area (Å²) in [4.78, 5) is 33.3. The normalized spacial score (nSPS) is 33.9. The summed E-state index contributed by atoms with van der Waals surface area (Å²) in [6.07, 6.45) is 1.89. The Morgan fingerprint density at radius 3 is 2.63 bits per heavy atom. The number of aromatic nitrogens is 1. The lowest BCUT2D eigenvalue weighted by atomic mass is 9.73. The number of fused-ring (bicyclic) bond motifs is 1. The highest BCUT2D eigenvalue weighted by molar-refractivity contribution is 7.09. The molecule has 2 aliphatic rings. The van der Waals surface area contributed by atoms with Crippen molar-refractivity contribution in [3.63, 3.8) is 0 Å². The van der Waals surface area contributed by atoms with Crippen LogP contribution in [0.1, 0.15) is 84.3 Å².